The Bertz CT molecular complexity index is 468. The number of nitrogens with one attached hydrogen (secondary N) is 2. The molecule has 0 spiro atoms. The predicted octanol–water partition coefficient (Wildman–Crippen LogP) is 2.29. The van der Waals surface area contributed by atoms with Crippen molar-refractivity contribution in [2.75, 3.05) is 22.3 Å². The molecular formula is C12H14N4. The second-order valence-electron chi connectivity index (χ2n) is 3.42. The van der Waals surface area contributed by atoms with Crippen LogP contribution in [0, 0.1) is 0 Å². The number of hydrogen-bond acceptors (Lipinski definition) is 4. The van der Waals surface area contributed by atoms with E-state index in [0.29, 0.717) is 11.4 Å². The fourth-order valence-electron chi connectivity index (χ4n) is 1.35. The maximum Gasteiger partial charge on any atom is 0.0801 e. The molecule has 0 radical (unpaired) electrons. The van der Waals surface area contributed by atoms with E-state index in [9.17, 15) is 0 Å². The van der Waals surface area contributed by atoms with Crippen LogP contribution in [0.4, 0.5) is 22.7 Å². The lowest BCUT2D eigenvalue weighted by molar-refractivity contribution is 1.41. The first-order valence-corrected chi connectivity index (χ1v) is 4.98. The summed E-state index contributed by atoms with van der Waals surface area (Å²) in [7, 11) is 0. The number of benzene rings is 2. The molecule has 0 unspecified atom stereocenters. The summed E-state index contributed by atoms with van der Waals surface area (Å²) < 4.78 is 0. The molecule has 2 rings (SSSR count). The molecule has 0 fully saturated rings. The minimum Gasteiger partial charge on any atom is -0.397 e. The Balaban J connectivity index is 2.08. The lowest BCUT2D eigenvalue weighted by Gasteiger charge is -2.12. The molecule has 0 saturated heterocycles. The zero-order valence-corrected chi connectivity index (χ0v) is 8.77. The van der Waals surface area contributed by atoms with E-state index in [-0.39, 0.29) is 0 Å². The van der Waals surface area contributed by atoms with Crippen molar-refractivity contribution < 1.29 is 0 Å². The Hall–Kier alpha value is -2.36. The summed E-state index contributed by atoms with van der Waals surface area (Å²) in [4.78, 5) is 0. The van der Waals surface area contributed by atoms with E-state index in [1.807, 2.05) is 42.5 Å². The summed E-state index contributed by atoms with van der Waals surface area (Å²) in [5.74, 6) is 0. The average molecular weight is 214 g/mol. The number of nitrogen functional groups attached to an aromatic ring is 2. The van der Waals surface area contributed by atoms with Gasteiger partial charge in [0.2, 0.25) is 0 Å². The van der Waals surface area contributed by atoms with E-state index < -0.39 is 0 Å². The summed E-state index contributed by atoms with van der Waals surface area (Å²) in [5, 5.41) is 0. The first-order valence-electron chi connectivity index (χ1n) is 4.98. The Morgan fingerprint density at radius 3 is 2.25 bits per heavy atom. The summed E-state index contributed by atoms with van der Waals surface area (Å²) >= 11 is 0. The van der Waals surface area contributed by atoms with Gasteiger partial charge in [-0.2, -0.15) is 0 Å². The Kier molecular flexibility index (Phi) is 2.82. The highest BCUT2D eigenvalue weighted by atomic mass is 15.4. The maximum atomic E-state index is 5.82. The topological polar surface area (TPSA) is 76.1 Å². The van der Waals surface area contributed by atoms with E-state index in [1.54, 1.807) is 6.07 Å². The van der Waals surface area contributed by atoms with Gasteiger partial charge in [-0.3, -0.25) is 5.43 Å². The van der Waals surface area contributed by atoms with Gasteiger partial charge in [-0.1, -0.05) is 24.3 Å². The second-order valence-corrected chi connectivity index (χ2v) is 3.42. The van der Waals surface area contributed by atoms with Crippen molar-refractivity contribution in [2.45, 2.75) is 0 Å². The molecule has 0 saturated carbocycles. The third kappa shape index (κ3) is 2.17. The van der Waals surface area contributed by atoms with Gasteiger partial charge in [0.15, 0.2) is 0 Å². The molecule has 4 heteroatoms. The van der Waals surface area contributed by atoms with Crippen LogP contribution in [-0.2, 0) is 0 Å². The summed E-state index contributed by atoms with van der Waals surface area (Å²) in [6.45, 7) is 0. The van der Waals surface area contributed by atoms with E-state index in [4.69, 9.17) is 11.5 Å². The van der Waals surface area contributed by atoms with Gasteiger partial charge in [-0.15, -0.1) is 0 Å². The highest BCUT2D eigenvalue weighted by Crippen LogP contribution is 2.24. The number of hydrogen-bond donors (Lipinski definition) is 4. The highest BCUT2D eigenvalue weighted by Gasteiger charge is 2.00. The quantitative estimate of drug-likeness (QED) is 0.467. The van der Waals surface area contributed by atoms with Crippen LogP contribution in [0.3, 0.4) is 0 Å². The first-order chi connectivity index (χ1) is 7.77. The van der Waals surface area contributed by atoms with Crippen molar-refractivity contribution in [1.82, 2.24) is 0 Å². The Morgan fingerprint density at radius 1 is 0.750 bits per heavy atom. The summed E-state index contributed by atoms with van der Waals surface area (Å²) in [6, 6.07) is 15.2. The molecule has 2 aromatic carbocycles. The predicted molar refractivity (Wildman–Crippen MR) is 69.0 cm³/mol. The molecule has 0 aliphatic heterocycles. The molecule has 82 valence electrons. The van der Waals surface area contributed by atoms with Crippen LogP contribution in [-0.4, -0.2) is 0 Å². The minimum absolute atomic E-state index is 0.547. The molecule has 16 heavy (non-hydrogen) atoms. The third-order valence-corrected chi connectivity index (χ3v) is 2.26. The lowest BCUT2D eigenvalue weighted by atomic mass is 10.2. The average Bonchev–Trinajstić information content (AvgIpc) is 2.32. The van der Waals surface area contributed by atoms with Crippen molar-refractivity contribution in [2.24, 2.45) is 0 Å². The number of rotatable bonds is 3. The molecule has 4 nitrogen and oxygen atoms in total. The van der Waals surface area contributed by atoms with Gasteiger partial charge in [0.05, 0.1) is 22.7 Å². The Morgan fingerprint density at radius 2 is 1.50 bits per heavy atom. The highest BCUT2D eigenvalue weighted by molar-refractivity contribution is 5.79. The van der Waals surface area contributed by atoms with E-state index in [0.717, 1.165) is 11.4 Å². The largest absolute Gasteiger partial charge is 0.397 e. The molecule has 0 aliphatic rings. The van der Waals surface area contributed by atoms with Crippen LogP contribution in [0.25, 0.3) is 0 Å². The summed E-state index contributed by atoms with van der Waals surface area (Å²) in [6.07, 6.45) is 0. The zero-order chi connectivity index (χ0) is 11.4. The van der Waals surface area contributed by atoms with Gasteiger partial charge in [0, 0.05) is 0 Å². The molecule has 0 heterocycles. The van der Waals surface area contributed by atoms with Crippen LogP contribution < -0.4 is 22.3 Å². The van der Waals surface area contributed by atoms with Crippen LogP contribution in [0.2, 0.25) is 0 Å². The number of anilines is 4. The van der Waals surface area contributed by atoms with Gasteiger partial charge in [-0.25, -0.2) is 0 Å². The van der Waals surface area contributed by atoms with E-state index >= 15 is 0 Å². The molecule has 2 aromatic rings. The van der Waals surface area contributed by atoms with Crippen molar-refractivity contribution in [3.05, 3.63) is 48.5 Å². The first kappa shape index (κ1) is 10.2. The van der Waals surface area contributed by atoms with Crippen molar-refractivity contribution in [1.29, 1.82) is 0 Å². The molecular weight excluding hydrogens is 200 g/mol. The van der Waals surface area contributed by atoms with E-state index in [1.165, 1.54) is 0 Å². The molecule has 0 aliphatic carbocycles. The van der Waals surface area contributed by atoms with Crippen molar-refractivity contribution >= 4 is 22.7 Å². The summed E-state index contributed by atoms with van der Waals surface area (Å²) in [5.41, 5.74) is 20.4. The van der Waals surface area contributed by atoms with Gasteiger partial charge in [0.25, 0.3) is 0 Å². The van der Waals surface area contributed by atoms with Gasteiger partial charge in [-0.05, 0) is 24.3 Å². The number of hydrazine groups is 1. The van der Waals surface area contributed by atoms with Crippen molar-refractivity contribution in [3.63, 3.8) is 0 Å². The SMILES string of the molecule is Nc1cccc(NNc2ccccc2)c1N. The fraction of sp³-hybridized carbons (Fsp3) is 0. The Labute approximate surface area is 94.2 Å². The standard InChI is InChI=1S/C12H14N4/c13-10-7-4-8-11(12(10)14)16-15-9-5-2-1-3-6-9/h1-8,15-16H,13-14H2. The van der Waals surface area contributed by atoms with Crippen LogP contribution in [0.1, 0.15) is 0 Å². The number of para-hydroxylation sites is 2. The van der Waals surface area contributed by atoms with E-state index in [2.05, 4.69) is 10.9 Å². The maximum absolute atomic E-state index is 5.82. The number of nitrogens with two attached hydrogens (primary N) is 2. The van der Waals surface area contributed by atoms with Crippen molar-refractivity contribution in [3.8, 4) is 0 Å². The van der Waals surface area contributed by atoms with Crippen LogP contribution >= 0.6 is 0 Å². The third-order valence-electron chi connectivity index (χ3n) is 2.26. The smallest absolute Gasteiger partial charge is 0.0801 e. The molecule has 0 amide bonds. The fourth-order valence-corrected chi connectivity index (χ4v) is 1.35. The minimum atomic E-state index is 0.547. The van der Waals surface area contributed by atoms with Gasteiger partial charge in [0.1, 0.15) is 0 Å². The normalized spacial score (nSPS) is 9.75. The van der Waals surface area contributed by atoms with Crippen LogP contribution in [0.5, 0.6) is 0 Å². The molecule has 0 bridgehead atoms. The van der Waals surface area contributed by atoms with Crippen LogP contribution in [0.15, 0.2) is 48.5 Å². The lowest BCUT2D eigenvalue weighted by Crippen LogP contribution is -2.11. The molecule has 0 atom stereocenters. The monoisotopic (exact) mass is 214 g/mol. The molecule has 0 aromatic heterocycles. The van der Waals surface area contributed by atoms with Gasteiger partial charge >= 0.3 is 0 Å². The zero-order valence-electron chi connectivity index (χ0n) is 8.77. The molecule has 6 N–H and O–H groups in total. The second kappa shape index (κ2) is 4.44. The van der Waals surface area contributed by atoms with Gasteiger partial charge < -0.3 is 16.9 Å².